The Hall–Kier alpha value is -8.40. The summed E-state index contributed by atoms with van der Waals surface area (Å²) in [5.74, 6) is 5.22. The third-order valence-electron chi connectivity index (χ3n) is 25.8. The molecule has 0 spiro atoms. The van der Waals surface area contributed by atoms with Gasteiger partial charge in [0.25, 0.3) is 5.24 Å². The van der Waals surface area contributed by atoms with E-state index in [0.29, 0.717) is 59.6 Å². The number of benzene rings is 3. The van der Waals surface area contributed by atoms with Gasteiger partial charge in [-0.2, -0.15) is 20.4 Å². The Balaban J connectivity index is 0.000000130. The number of nitrogens with zero attached hydrogens (tertiary/aromatic N) is 9. The minimum absolute atomic E-state index is 0.280. The van der Waals surface area contributed by atoms with Gasteiger partial charge in [0.05, 0.1) is 73.5 Å². The number of halogens is 2. The molecule has 13 heterocycles. The van der Waals surface area contributed by atoms with E-state index in [4.69, 9.17) is 75.4 Å². The zero-order valence-corrected chi connectivity index (χ0v) is 87.0. The van der Waals surface area contributed by atoms with Crippen molar-refractivity contribution in [1.29, 1.82) is 0 Å². The first-order valence-electron chi connectivity index (χ1n) is 46.9. The molecular formula is C102H120B2BrClN9O15S6. The van der Waals surface area contributed by atoms with E-state index in [1.165, 1.54) is 140 Å². The SMILES string of the molecule is C#CC(OCC)OCC.CC1(C)OB(c2ccc3c(c2)CCCO3)OC1(C)C.CCOC(OCC)c1cc(-c2cc3c(s2)CCC3)nn1C.COC(=O)C(O)c1c(-c2ccc3c(c2)CCCO3)c(-c2cc3c(s2)CCC3)nn1C.Cn1nc(-c2cc3c(s2)CCC3)c(Br)c1C=O.Cn1nc(C2=CC3CCCC3S2)c(-c2ccc3c(c2)CCCO3)c1C=O.O=C(Cl)c1cc2c(s1)CCC2.[B]=NS. The summed E-state index contributed by atoms with van der Waals surface area (Å²) in [6.07, 6.45) is 31.3. The first kappa shape index (κ1) is 103. The third kappa shape index (κ3) is 24.1. The van der Waals surface area contributed by atoms with Gasteiger partial charge < -0.3 is 52.3 Å². The number of thioether (sulfide) groups is 1. The van der Waals surface area contributed by atoms with Gasteiger partial charge in [0, 0.05) is 95.4 Å². The molecule has 10 aliphatic rings. The van der Waals surface area contributed by atoms with Gasteiger partial charge in [-0.25, -0.2) is 4.79 Å². The van der Waals surface area contributed by atoms with Crippen LogP contribution in [0.1, 0.15) is 238 Å². The van der Waals surface area contributed by atoms with Crippen LogP contribution in [0.3, 0.4) is 0 Å². The van der Waals surface area contributed by atoms with Gasteiger partial charge in [-0.1, -0.05) is 36.8 Å². The van der Waals surface area contributed by atoms with Crippen molar-refractivity contribution in [1.82, 2.24) is 39.1 Å². The summed E-state index contributed by atoms with van der Waals surface area (Å²) in [5.41, 5.74) is 19.9. The number of aromatic nitrogens is 8. The van der Waals surface area contributed by atoms with Crippen molar-refractivity contribution in [3.8, 4) is 83.6 Å². The van der Waals surface area contributed by atoms with E-state index < -0.39 is 18.4 Å². The van der Waals surface area contributed by atoms with Crippen molar-refractivity contribution in [3.05, 3.63) is 187 Å². The molecule has 1 N–H and O–H groups in total. The molecular weight excluding hydrogens is 1920 g/mol. The minimum atomic E-state index is -1.41. The zero-order valence-electron chi connectivity index (χ0n) is 79.7. The molecule has 719 valence electrons. The molecule has 3 aromatic carbocycles. The number of aryl methyl sites for hydroxylation is 15. The fourth-order valence-corrected chi connectivity index (χ4v) is 25.6. The number of aliphatic hydroxyl groups excluding tert-OH is 1. The van der Waals surface area contributed by atoms with Crippen molar-refractivity contribution in [2.75, 3.05) is 53.4 Å². The Bertz CT molecular complexity index is 6040. The number of methoxy groups -OCH3 is 1. The normalized spacial score (nSPS) is 17.3. The quantitative estimate of drug-likeness (QED) is 0.0129. The first-order chi connectivity index (χ1) is 65.7. The van der Waals surface area contributed by atoms with Gasteiger partial charge in [-0.3, -0.25) is 33.1 Å². The molecule has 5 aliphatic carbocycles. The topological polar surface area (TPSA) is 264 Å². The van der Waals surface area contributed by atoms with Crippen molar-refractivity contribution < 1.29 is 71.5 Å². The van der Waals surface area contributed by atoms with Gasteiger partial charge in [0.15, 0.2) is 18.7 Å². The Morgan fingerprint density at radius 3 is 1.54 bits per heavy atom. The molecule has 11 aromatic rings. The fourth-order valence-electron chi connectivity index (χ4n) is 18.4. The molecule has 3 unspecified atom stereocenters. The third-order valence-corrected chi connectivity index (χ3v) is 33.4. The van der Waals surface area contributed by atoms with E-state index >= 15 is 0 Å². The van der Waals surface area contributed by atoms with Crippen molar-refractivity contribution >= 4 is 146 Å². The number of aliphatic hydroxyl groups is 1. The average molecular weight is 2040 g/mol. The number of carbonyl (C=O) groups excluding carboxylic acids is 4. The second-order valence-corrected chi connectivity index (χ2v) is 42.5. The van der Waals surface area contributed by atoms with Crippen LogP contribution < -0.4 is 19.7 Å². The summed E-state index contributed by atoms with van der Waals surface area (Å²) in [5, 5.41) is 29.7. The van der Waals surface area contributed by atoms with Crippen LogP contribution >= 0.6 is 97.5 Å². The predicted molar refractivity (Wildman–Crippen MR) is 551 cm³/mol. The molecule has 1 saturated heterocycles. The van der Waals surface area contributed by atoms with E-state index in [0.717, 1.165) is 190 Å². The van der Waals surface area contributed by atoms with Crippen molar-refractivity contribution in [2.45, 2.75) is 225 Å². The van der Waals surface area contributed by atoms with Gasteiger partial charge in [-0.05, 0) is 339 Å². The number of thiophene rings is 4. The number of terminal acetylenes is 1. The molecule has 2 fully saturated rings. The number of allylic oxidation sites excluding steroid dienone is 1. The number of hydrogen-bond donors (Lipinski definition) is 2. The van der Waals surface area contributed by atoms with Gasteiger partial charge >= 0.3 is 37.8 Å². The molecule has 8 aromatic heterocycles. The number of aldehydes is 2. The number of ether oxygens (including phenoxy) is 8. The molecule has 1 radical (unpaired) electrons. The van der Waals surface area contributed by atoms with Crippen LogP contribution in [0.15, 0.2) is 99.8 Å². The Morgan fingerprint density at radius 2 is 1.05 bits per heavy atom. The van der Waals surface area contributed by atoms with Crippen LogP contribution in [0.5, 0.6) is 17.2 Å². The average Bonchev–Trinajstić information content (AvgIpc) is 1.60. The summed E-state index contributed by atoms with van der Waals surface area (Å²) in [6, 6.07) is 29.4. The monoisotopic (exact) mass is 2040 g/mol. The van der Waals surface area contributed by atoms with E-state index in [-0.39, 0.29) is 29.9 Å². The number of esters is 1. The van der Waals surface area contributed by atoms with E-state index in [1.54, 1.807) is 62.2 Å². The molecule has 1 saturated carbocycles. The first-order valence-corrected chi connectivity index (χ1v) is 52.6. The molecule has 3 atom stereocenters. The van der Waals surface area contributed by atoms with Crippen LogP contribution in [0, 0.1) is 18.3 Å². The Kier molecular flexibility index (Phi) is 36.3. The van der Waals surface area contributed by atoms with Crippen molar-refractivity contribution in [3.63, 3.8) is 0 Å². The summed E-state index contributed by atoms with van der Waals surface area (Å²) in [6.45, 7) is 20.8. The van der Waals surface area contributed by atoms with Crippen LogP contribution in [0.25, 0.3) is 58.9 Å². The maximum absolute atomic E-state index is 12.2. The van der Waals surface area contributed by atoms with Crippen LogP contribution in [-0.2, 0) is 137 Å². The van der Waals surface area contributed by atoms with Crippen LogP contribution in [-0.4, -0.2) is 159 Å². The van der Waals surface area contributed by atoms with Gasteiger partial charge in [0.1, 0.15) is 51.4 Å². The Labute approximate surface area is 838 Å². The Morgan fingerprint density at radius 1 is 0.588 bits per heavy atom. The number of thiol groups is 1. The van der Waals surface area contributed by atoms with Crippen molar-refractivity contribution in [2.24, 2.45) is 38.4 Å². The number of carbonyl (C=O) groups is 4. The van der Waals surface area contributed by atoms with Gasteiger partial charge in [-0.15, -0.1) is 63.5 Å². The molecule has 0 bridgehead atoms. The zero-order chi connectivity index (χ0) is 96.6. The summed E-state index contributed by atoms with van der Waals surface area (Å²) < 4.78 is 65.8. The summed E-state index contributed by atoms with van der Waals surface area (Å²) in [4.78, 5) is 56.9. The predicted octanol–water partition coefficient (Wildman–Crippen LogP) is 21.4. The fraction of sp³-hybridized carbons (Fsp3) is 0.471. The molecule has 5 aliphatic heterocycles. The molecule has 136 heavy (non-hydrogen) atoms. The van der Waals surface area contributed by atoms with E-state index in [2.05, 4.69) is 139 Å². The summed E-state index contributed by atoms with van der Waals surface area (Å²) in [7, 11) is 12.7. The maximum atomic E-state index is 12.2. The van der Waals surface area contributed by atoms with Crippen LogP contribution in [0.2, 0.25) is 0 Å². The molecule has 0 amide bonds. The van der Waals surface area contributed by atoms with Crippen LogP contribution in [0.4, 0.5) is 0 Å². The van der Waals surface area contributed by atoms with E-state index in [9.17, 15) is 24.3 Å². The number of hydrogen-bond acceptors (Lipinski definition) is 26. The van der Waals surface area contributed by atoms with E-state index in [1.807, 2.05) is 106 Å². The molecule has 21 rings (SSSR count). The number of rotatable bonds is 21. The summed E-state index contributed by atoms with van der Waals surface area (Å²) >= 11 is 20.9. The molecule has 34 heteroatoms. The standard InChI is InChI=1S/C23H24N2O4S.C21H22N2O2S.C16H22N2O2S.C15H21BO3.C12H11BrN2OS.C8H7ClOS.C7H12O2.BHNS/c1-25-21(22(26)23(27)28-2)19(15-8-9-16-13(11-15)6-4-10-29-16)20(24-25)18-12-14-5-3-7-17(14)30-18;1-23-16(12-24)20(15-7-8-17-13(10-15)5-3-9-25-17)21(22-23)19-11-14-4-2-6-18(14)26-19;1-4-19-16(20-5-2)13-10-12(17-18(13)3)15-9-11-7-6-8-14(11)21-15;1-14(2)15(3,4)19-16(18-14)12-7-8-13-11(10-12)6-5-9-17-13;1-15-8(6-16)11(13)12(14-15)10-5-7-3-2-4-9(7)17-10;9-8(10)7-4-5-2-1-3-6(5)11-7;1-4-7(8-5-2)9-6-3;1-2-3/h8-9,11-12,22,26H,3-7,10H2,1-2H3;7-8,10-12,14,18H,2-6,9H2,1H3;9-10,16H,4-8H2,1-3H3;7-8,10H,5-6,9H2,1-4H3;5-6H,2-4H2,1H3;4H,1-3H2;1,7H,5-6H2,2-3H3;3H. The second-order valence-electron chi connectivity index (χ2n) is 35.3. The molecule has 24 nitrogen and oxygen atoms in total. The van der Waals surface area contributed by atoms with Gasteiger partial charge in [0.2, 0.25) is 12.6 Å². The number of fused-ring (bicyclic) bond motifs is 8. The second kappa shape index (κ2) is 47.7.